The van der Waals surface area contributed by atoms with Gasteiger partial charge in [0.2, 0.25) is 11.4 Å². The fourth-order valence-electron chi connectivity index (χ4n) is 4.00. The fourth-order valence-corrected chi connectivity index (χ4v) is 4.56. The molecule has 0 bridgehead atoms. The quantitative estimate of drug-likeness (QED) is 0.717. The molecule has 0 saturated heterocycles. The minimum atomic E-state index is -3.80. The maximum atomic E-state index is 11.6. The highest BCUT2D eigenvalue weighted by Crippen LogP contribution is 2.31. The lowest BCUT2D eigenvalue weighted by molar-refractivity contribution is 0.404. The van der Waals surface area contributed by atoms with Crippen LogP contribution in [0.2, 0.25) is 0 Å². The molecule has 3 N–H and O–H groups in total. The average molecular weight is 378 g/mol. The van der Waals surface area contributed by atoms with Gasteiger partial charge in [0.15, 0.2) is 0 Å². The van der Waals surface area contributed by atoms with Gasteiger partial charge in [0.25, 0.3) is 10.0 Å². The molecule has 1 aliphatic heterocycles. The lowest BCUT2D eigenvalue weighted by atomic mass is 9.99. The number of benzene rings is 1. The molecule has 7 heteroatoms. The molecule has 6 nitrogen and oxygen atoms in total. The van der Waals surface area contributed by atoms with Crippen LogP contribution in [0.5, 0.6) is 0 Å². The van der Waals surface area contributed by atoms with Gasteiger partial charge in [-0.3, -0.25) is 0 Å². The molecule has 0 aromatic heterocycles. The zero-order valence-corrected chi connectivity index (χ0v) is 16.4. The number of nitrogens with one attached hydrogen (secondary N) is 1. The van der Waals surface area contributed by atoms with Crippen molar-refractivity contribution in [2.24, 2.45) is 16.0 Å². The Labute approximate surface area is 156 Å². The zero-order valence-electron chi connectivity index (χ0n) is 15.6. The van der Waals surface area contributed by atoms with E-state index in [1.54, 1.807) is 12.5 Å². The van der Waals surface area contributed by atoms with Crippen LogP contribution in [0.1, 0.15) is 44.6 Å². The van der Waals surface area contributed by atoms with Crippen LogP contribution >= 0.6 is 0 Å². The number of hydrogen-bond donors (Lipinski definition) is 2. The molecule has 1 saturated carbocycles. The van der Waals surface area contributed by atoms with E-state index in [9.17, 15) is 8.42 Å². The standard InChI is InChI=1S/C19H29N4O2S/c1-15(11-16-7-3-4-8-16)21-12-17-9-5-6-10-18(17)23(2)13-19(22-14-23)26(20,24)25/h5-6,9-10,13-16,21H,3-4,7-8,11-12H2,1-2H3,(H2,20,24,25)/q+1/t15-,23?/m0/s1. The second kappa shape index (κ2) is 7.60. The first-order valence-corrected chi connectivity index (χ1v) is 10.8. The number of nitrogens with two attached hydrogens (primary N) is 1. The van der Waals surface area contributed by atoms with E-state index in [1.165, 1.54) is 32.1 Å². The van der Waals surface area contributed by atoms with Crippen LogP contribution in [-0.4, -0.2) is 27.8 Å². The van der Waals surface area contributed by atoms with Gasteiger partial charge in [0.1, 0.15) is 11.9 Å². The number of primary sulfonamides is 1. The summed E-state index contributed by atoms with van der Waals surface area (Å²) in [7, 11) is -1.90. The highest BCUT2D eigenvalue weighted by Gasteiger charge is 2.33. The fraction of sp³-hybridized carbons (Fsp3) is 0.526. The predicted molar refractivity (Wildman–Crippen MR) is 107 cm³/mol. The van der Waals surface area contributed by atoms with Gasteiger partial charge >= 0.3 is 0 Å². The number of aliphatic imine (C=N–C) groups is 1. The average Bonchev–Trinajstić information content (AvgIpc) is 3.23. The highest BCUT2D eigenvalue weighted by molar-refractivity contribution is 7.93. The highest BCUT2D eigenvalue weighted by atomic mass is 32.2. The molecular weight excluding hydrogens is 348 g/mol. The molecule has 1 aliphatic carbocycles. The van der Waals surface area contributed by atoms with Crippen molar-refractivity contribution in [3.8, 4) is 0 Å². The summed E-state index contributed by atoms with van der Waals surface area (Å²) >= 11 is 0. The normalized spacial score (nSPS) is 24.8. The molecular formula is C19H29N4O2S+. The number of hydrogen-bond acceptors (Lipinski definition) is 4. The van der Waals surface area contributed by atoms with Crippen molar-refractivity contribution < 1.29 is 8.42 Å². The number of nitrogens with zero attached hydrogens (tertiary/aromatic N) is 2. The van der Waals surface area contributed by atoms with Gasteiger partial charge in [0.05, 0.1) is 7.05 Å². The van der Waals surface area contributed by atoms with Crippen molar-refractivity contribution in [1.82, 2.24) is 9.80 Å². The number of para-hydroxylation sites is 1. The van der Waals surface area contributed by atoms with Crippen LogP contribution in [0.15, 0.2) is 40.5 Å². The van der Waals surface area contributed by atoms with E-state index in [4.69, 9.17) is 5.14 Å². The molecule has 0 amide bonds. The van der Waals surface area contributed by atoms with Crippen molar-refractivity contribution >= 4 is 22.0 Å². The van der Waals surface area contributed by atoms with E-state index in [2.05, 4.69) is 23.3 Å². The third-order valence-corrected chi connectivity index (χ3v) is 6.20. The van der Waals surface area contributed by atoms with Crippen LogP contribution in [0.4, 0.5) is 5.69 Å². The SMILES string of the molecule is C[C@@H](CC1CCCC1)NCc1ccccc1[N+]1(C)C=NC(S(N)(=O)=O)=C1. The molecule has 1 aromatic carbocycles. The summed E-state index contributed by atoms with van der Waals surface area (Å²) in [6, 6.07) is 8.50. The summed E-state index contributed by atoms with van der Waals surface area (Å²) in [4.78, 5) is 4.02. The van der Waals surface area contributed by atoms with Gasteiger partial charge in [-0.05, 0) is 19.3 Å². The van der Waals surface area contributed by atoms with Crippen LogP contribution < -0.4 is 14.9 Å². The van der Waals surface area contributed by atoms with E-state index < -0.39 is 10.0 Å². The Morgan fingerprint density at radius 3 is 2.65 bits per heavy atom. The number of sulfonamides is 1. The second-order valence-corrected chi connectivity index (χ2v) is 9.21. The van der Waals surface area contributed by atoms with E-state index in [-0.39, 0.29) is 9.51 Å². The molecule has 1 heterocycles. The van der Waals surface area contributed by atoms with Crippen molar-refractivity contribution in [1.29, 1.82) is 0 Å². The Balaban J connectivity index is 1.72. The molecule has 1 aromatic rings. The van der Waals surface area contributed by atoms with Crippen LogP contribution in [-0.2, 0) is 16.6 Å². The van der Waals surface area contributed by atoms with Crippen molar-refractivity contribution in [3.05, 3.63) is 41.1 Å². The van der Waals surface area contributed by atoms with Gasteiger partial charge in [-0.2, -0.15) is 4.99 Å². The largest absolute Gasteiger partial charge is 0.310 e. The third-order valence-electron chi connectivity index (χ3n) is 5.41. The van der Waals surface area contributed by atoms with Crippen LogP contribution in [0, 0.1) is 5.92 Å². The van der Waals surface area contributed by atoms with E-state index in [0.717, 1.165) is 23.7 Å². The number of quaternary nitrogens is 1. The monoisotopic (exact) mass is 377 g/mol. The summed E-state index contributed by atoms with van der Waals surface area (Å²) < 4.78 is 23.4. The molecule has 0 spiro atoms. The third kappa shape index (κ3) is 4.40. The molecule has 2 aliphatic rings. The first-order chi connectivity index (χ1) is 12.3. The van der Waals surface area contributed by atoms with Gasteiger partial charge in [0, 0.05) is 24.2 Å². The van der Waals surface area contributed by atoms with E-state index in [0.29, 0.717) is 6.04 Å². The topological polar surface area (TPSA) is 84.5 Å². The molecule has 0 radical (unpaired) electrons. The Bertz CT molecular complexity index is 813. The van der Waals surface area contributed by atoms with E-state index >= 15 is 0 Å². The summed E-state index contributed by atoms with van der Waals surface area (Å²) in [6.07, 6.45) is 9.86. The maximum absolute atomic E-state index is 11.6. The predicted octanol–water partition coefficient (Wildman–Crippen LogP) is 2.81. The minimum absolute atomic E-state index is 0.0858. The van der Waals surface area contributed by atoms with Crippen LogP contribution in [0.3, 0.4) is 0 Å². The molecule has 3 rings (SSSR count). The van der Waals surface area contributed by atoms with Crippen molar-refractivity contribution in [2.45, 2.75) is 51.6 Å². The minimum Gasteiger partial charge on any atom is -0.310 e. The molecule has 26 heavy (non-hydrogen) atoms. The second-order valence-electron chi connectivity index (χ2n) is 7.70. The summed E-state index contributed by atoms with van der Waals surface area (Å²) in [5.74, 6) is 0.850. The van der Waals surface area contributed by atoms with Crippen molar-refractivity contribution in [2.75, 3.05) is 7.05 Å². The first-order valence-electron chi connectivity index (χ1n) is 9.26. The Hall–Kier alpha value is -1.54. The van der Waals surface area contributed by atoms with Gasteiger partial charge in [-0.25, -0.2) is 18.0 Å². The van der Waals surface area contributed by atoms with Gasteiger partial charge < -0.3 is 5.32 Å². The Kier molecular flexibility index (Phi) is 5.62. The lowest BCUT2D eigenvalue weighted by Gasteiger charge is -2.25. The van der Waals surface area contributed by atoms with Crippen LogP contribution in [0.25, 0.3) is 0 Å². The number of rotatable bonds is 7. The Morgan fingerprint density at radius 2 is 2.00 bits per heavy atom. The molecule has 1 fully saturated rings. The lowest BCUT2D eigenvalue weighted by Crippen LogP contribution is -2.37. The summed E-state index contributed by atoms with van der Waals surface area (Å²) in [5, 5.41) is 8.77. The Morgan fingerprint density at radius 1 is 1.31 bits per heavy atom. The van der Waals surface area contributed by atoms with Crippen molar-refractivity contribution in [3.63, 3.8) is 0 Å². The summed E-state index contributed by atoms with van der Waals surface area (Å²) in [5.41, 5.74) is 2.13. The first kappa shape index (κ1) is 19.2. The summed E-state index contributed by atoms with van der Waals surface area (Å²) in [6.45, 7) is 2.98. The van der Waals surface area contributed by atoms with Gasteiger partial charge in [-0.1, -0.05) is 43.9 Å². The zero-order chi connectivity index (χ0) is 18.8. The smallest absolute Gasteiger partial charge is 0.261 e. The molecule has 2 atom stereocenters. The van der Waals surface area contributed by atoms with Gasteiger partial charge in [-0.15, -0.1) is 0 Å². The molecule has 142 valence electrons. The van der Waals surface area contributed by atoms with E-state index in [1.807, 2.05) is 25.2 Å². The molecule has 1 unspecified atom stereocenters. The maximum Gasteiger partial charge on any atom is 0.261 e.